The number of carbonyl (C=O) groups is 1. The summed E-state index contributed by atoms with van der Waals surface area (Å²) in [4.78, 5) is 14.4. The maximum atomic E-state index is 12.8. The quantitative estimate of drug-likeness (QED) is 0.535. The van der Waals surface area contributed by atoms with Crippen molar-refractivity contribution in [2.24, 2.45) is 0 Å². The summed E-state index contributed by atoms with van der Waals surface area (Å²) in [6.07, 6.45) is 0.715. The molecule has 3 aromatic rings. The Hall–Kier alpha value is -2.57. The summed E-state index contributed by atoms with van der Waals surface area (Å²) in [5, 5.41) is 9.32. The Labute approximate surface area is 172 Å². The predicted molar refractivity (Wildman–Crippen MR) is 110 cm³/mol. The van der Waals surface area contributed by atoms with Crippen molar-refractivity contribution in [1.82, 2.24) is 4.90 Å². The van der Waals surface area contributed by atoms with E-state index in [4.69, 9.17) is 9.15 Å². The SMILES string of the molecule is O=C(c1ccc(COc2ccc(Br)cc2)o1)N(CCO)CCc1ccccc1. The van der Waals surface area contributed by atoms with Crippen LogP contribution in [-0.4, -0.2) is 35.6 Å². The third-order valence-corrected chi connectivity index (χ3v) is 4.77. The zero-order valence-electron chi connectivity index (χ0n) is 15.4. The van der Waals surface area contributed by atoms with Gasteiger partial charge in [0.05, 0.1) is 6.61 Å². The van der Waals surface area contributed by atoms with Crippen molar-refractivity contribution in [3.05, 3.63) is 88.3 Å². The third-order valence-electron chi connectivity index (χ3n) is 4.24. The number of ether oxygens (including phenoxy) is 1. The van der Waals surface area contributed by atoms with E-state index in [-0.39, 0.29) is 31.4 Å². The van der Waals surface area contributed by atoms with Crippen LogP contribution in [0, 0.1) is 0 Å². The summed E-state index contributed by atoms with van der Waals surface area (Å²) in [7, 11) is 0. The molecule has 2 aromatic carbocycles. The van der Waals surface area contributed by atoms with Crippen LogP contribution in [0.3, 0.4) is 0 Å². The average molecular weight is 444 g/mol. The molecule has 1 amide bonds. The van der Waals surface area contributed by atoms with E-state index in [0.717, 1.165) is 15.8 Å². The molecule has 6 heteroatoms. The van der Waals surface area contributed by atoms with E-state index in [1.165, 1.54) is 0 Å². The molecule has 0 saturated heterocycles. The lowest BCUT2D eigenvalue weighted by Gasteiger charge is -2.20. The molecule has 28 heavy (non-hydrogen) atoms. The first-order valence-corrected chi connectivity index (χ1v) is 9.86. The van der Waals surface area contributed by atoms with Gasteiger partial charge in [-0.2, -0.15) is 0 Å². The summed E-state index contributed by atoms with van der Waals surface area (Å²) in [5.74, 6) is 1.30. The Morgan fingerprint density at radius 3 is 2.46 bits per heavy atom. The molecule has 0 unspecified atom stereocenters. The van der Waals surface area contributed by atoms with Gasteiger partial charge in [-0.05, 0) is 48.4 Å². The Bertz CT molecular complexity index is 877. The monoisotopic (exact) mass is 443 g/mol. The number of rotatable bonds is 9. The van der Waals surface area contributed by atoms with E-state index < -0.39 is 0 Å². The summed E-state index contributed by atoms with van der Waals surface area (Å²) in [6.45, 7) is 0.908. The maximum Gasteiger partial charge on any atom is 0.289 e. The molecule has 0 aliphatic heterocycles. The number of carbonyl (C=O) groups excluding carboxylic acids is 1. The van der Waals surface area contributed by atoms with Crippen LogP contribution in [0.2, 0.25) is 0 Å². The van der Waals surface area contributed by atoms with Crippen LogP contribution in [0.15, 0.2) is 75.6 Å². The molecule has 0 aliphatic carbocycles. The second-order valence-corrected chi connectivity index (χ2v) is 7.18. The smallest absolute Gasteiger partial charge is 0.289 e. The van der Waals surface area contributed by atoms with Crippen LogP contribution in [0.1, 0.15) is 21.9 Å². The van der Waals surface area contributed by atoms with Crippen molar-refractivity contribution < 1.29 is 19.1 Å². The van der Waals surface area contributed by atoms with Gasteiger partial charge in [0.25, 0.3) is 5.91 Å². The number of halogens is 1. The Morgan fingerprint density at radius 1 is 1.00 bits per heavy atom. The lowest BCUT2D eigenvalue weighted by Crippen LogP contribution is -2.35. The second kappa shape index (κ2) is 10.1. The van der Waals surface area contributed by atoms with Crippen molar-refractivity contribution in [3.8, 4) is 5.75 Å². The molecular weight excluding hydrogens is 422 g/mol. The minimum absolute atomic E-state index is 0.0965. The zero-order valence-corrected chi connectivity index (χ0v) is 17.0. The van der Waals surface area contributed by atoms with Gasteiger partial charge in [0.15, 0.2) is 5.76 Å². The topological polar surface area (TPSA) is 62.9 Å². The summed E-state index contributed by atoms with van der Waals surface area (Å²) in [5.41, 5.74) is 1.14. The molecule has 0 radical (unpaired) electrons. The lowest BCUT2D eigenvalue weighted by atomic mass is 10.1. The van der Waals surface area contributed by atoms with Crippen LogP contribution < -0.4 is 4.74 Å². The van der Waals surface area contributed by atoms with Crippen molar-refractivity contribution in [3.63, 3.8) is 0 Å². The molecule has 146 valence electrons. The van der Waals surface area contributed by atoms with Gasteiger partial charge in [-0.25, -0.2) is 0 Å². The number of aliphatic hydroxyl groups is 1. The minimum Gasteiger partial charge on any atom is -0.486 e. The van der Waals surface area contributed by atoms with Crippen molar-refractivity contribution in [1.29, 1.82) is 0 Å². The number of aliphatic hydroxyl groups excluding tert-OH is 1. The number of benzene rings is 2. The van der Waals surface area contributed by atoms with Crippen LogP contribution in [0.25, 0.3) is 0 Å². The fraction of sp³-hybridized carbons (Fsp3) is 0.227. The Balaban J connectivity index is 1.59. The van der Waals surface area contributed by atoms with Gasteiger partial charge in [-0.3, -0.25) is 4.79 Å². The van der Waals surface area contributed by atoms with Gasteiger partial charge in [0.1, 0.15) is 18.1 Å². The molecule has 3 rings (SSSR count). The van der Waals surface area contributed by atoms with E-state index in [9.17, 15) is 9.90 Å². The first-order chi connectivity index (χ1) is 13.7. The maximum absolute atomic E-state index is 12.8. The van der Waals surface area contributed by atoms with Crippen LogP contribution in [-0.2, 0) is 13.0 Å². The average Bonchev–Trinajstić information content (AvgIpc) is 3.20. The molecule has 0 fully saturated rings. The fourth-order valence-electron chi connectivity index (χ4n) is 2.76. The van der Waals surface area contributed by atoms with Crippen molar-refractivity contribution >= 4 is 21.8 Å². The third kappa shape index (κ3) is 5.71. The first-order valence-electron chi connectivity index (χ1n) is 9.07. The number of nitrogens with zero attached hydrogens (tertiary/aromatic N) is 1. The molecule has 5 nitrogen and oxygen atoms in total. The highest BCUT2D eigenvalue weighted by atomic mass is 79.9. The summed E-state index contributed by atoms with van der Waals surface area (Å²) >= 11 is 3.38. The normalized spacial score (nSPS) is 10.6. The molecule has 0 atom stereocenters. The van der Waals surface area contributed by atoms with Gasteiger partial charge in [0, 0.05) is 17.6 Å². The number of hydrogen-bond acceptors (Lipinski definition) is 4. The number of hydrogen-bond donors (Lipinski definition) is 1. The first kappa shape index (κ1) is 20.2. The minimum atomic E-state index is -0.236. The molecule has 0 aliphatic rings. The van der Waals surface area contributed by atoms with Gasteiger partial charge < -0.3 is 19.2 Å². The highest BCUT2D eigenvalue weighted by Crippen LogP contribution is 2.18. The largest absolute Gasteiger partial charge is 0.486 e. The number of furan rings is 1. The highest BCUT2D eigenvalue weighted by Gasteiger charge is 2.19. The Kier molecular flexibility index (Phi) is 7.28. The Morgan fingerprint density at radius 2 is 1.75 bits per heavy atom. The van der Waals surface area contributed by atoms with Gasteiger partial charge in [-0.1, -0.05) is 46.3 Å². The zero-order chi connectivity index (χ0) is 19.8. The van der Waals surface area contributed by atoms with E-state index >= 15 is 0 Å². The van der Waals surface area contributed by atoms with Gasteiger partial charge >= 0.3 is 0 Å². The molecule has 0 saturated carbocycles. The highest BCUT2D eigenvalue weighted by molar-refractivity contribution is 9.10. The van der Waals surface area contributed by atoms with Crippen molar-refractivity contribution in [2.75, 3.05) is 19.7 Å². The van der Waals surface area contributed by atoms with E-state index in [1.807, 2.05) is 54.6 Å². The van der Waals surface area contributed by atoms with Crippen LogP contribution in [0.4, 0.5) is 0 Å². The van der Waals surface area contributed by atoms with E-state index in [1.54, 1.807) is 17.0 Å². The molecule has 0 spiro atoms. The molecule has 1 aromatic heterocycles. The second-order valence-electron chi connectivity index (χ2n) is 6.26. The van der Waals surface area contributed by atoms with Gasteiger partial charge in [-0.15, -0.1) is 0 Å². The standard InChI is InChI=1S/C22H22BrNO4/c23-18-6-8-19(9-7-18)27-16-20-10-11-21(28-20)22(26)24(14-15-25)13-12-17-4-2-1-3-5-17/h1-11,25H,12-16H2. The summed E-state index contributed by atoms with van der Waals surface area (Å²) in [6, 6.07) is 20.8. The van der Waals surface area contributed by atoms with Crippen molar-refractivity contribution in [2.45, 2.75) is 13.0 Å². The van der Waals surface area contributed by atoms with Crippen LogP contribution in [0.5, 0.6) is 5.75 Å². The number of amides is 1. The van der Waals surface area contributed by atoms with Gasteiger partial charge in [0.2, 0.25) is 0 Å². The van der Waals surface area contributed by atoms with E-state index in [2.05, 4.69) is 15.9 Å². The fourth-order valence-corrected chi connectivity index (χ4v) is 3.02. The molecule has 0 bridgehead atoms. The predicted octanol–water partition coefficient (Wildman–Crippen LogP) is 4.30. The molecule has 1 heterocycles. The summed E-state index contributed by atoms with van der Waals surface area (Å²) < 4.78 is 12.3. The molecular formula is C22H22BrNO4. The van der Waals surface area contributed by atoms with E-state index in [0.29, 0.717) is 18.7 Å². The molecule has 1 N–H and O–H groups in total. The lowest BCUT2D eigenvalue weighted by molar-refractivity contribution is 0.0688. The van der Waals surface area contributed by atoms with Crippen LogP contribution >= 0.6 is 15.9 Å².